The highest BCUT2D eigenvalue weighted by molar-refractivity contribution is 6.35. The lowest BCUT2D eigenvalue weighted by Gasteiger charge is -2.16. The van der Waals surface area contributed by atoms with E-state index in [1.54, 1.807) is 18.2 Å². The molecule has 2 aromatic carbocycles. The van der Waals surface area contributed by atoms with Crippen LogP contribution in [0.1, 0.15) is 24.0 Å². The van der Waals surface area contributed by atoms with E-state index in [0.717, 1.165) is 12.8 Å². The molecule has 23 heavy (non-hydrogen) atoms. The van der Waals surface area contributed by atoms with E-state index < -0.39 is 5.97 Å². The second kappa shape index (κ2) is 7.24. The minimum atomic E-state index is -0.466. The van der Waals surface area contributed by atoms with Crippen molar-refractivity contribution in [1.29, 1.82) is 0 Å². The van der Waals surface area contributed by atoms with Gasteiger partial charge in [-0.2, -0.15) is 0 Å². The molecule has 0 amide bonds. The molecule has 0 saturated carbocycles. The predicted octanol–water partition coefficient (Wildman–Crippen LogP) is 4.86. The number of carbonyl (C=O) groups excluding carboxylic acids is 1. The van der Waals surface area contributed by atoms with Gasteiger partial charge in [0.15, 0.2) is 6.61 Å². The Bertz CT molecular complexity index is 728. The Morgan fingerprint density at radius 1 is 1.00 bits per heavy atom. The van der Waals surface area contributed by atoms with E-state index in [9.17, 15) is 4.79 Å². The van der Waals surface area contributed by atoms with Gasteiger partial charge >= 0.3 is 5.97 Å². The zero-order valence-corrected chi connectivity index (χ0v) is 14.0. The van der Waals surface area contributed by atoms with Crippen molar-refractivity contribution in [2.24, 2.45) is 0 Å². The van der Waals surface area contributed by atoms with Crippen molar-refractivity contribution in [3.63, 3.8) is 0 Å². The van der Waals surface area contributed by atoms with Gasteiger partial charge < -0.3 is 9.47 Å². The molecule has 5 heteroatoms. The molecule has 0 unspecified atom stereocenters. The fourth-order valence-corrected chi connectivity index (χ4v) is 3.13. The maximum absolute atomic E-state index is 11.9. The van der Waals surface area contributed by atoms with Crippen molar-refractivity contribution in [2.75, 3.05) is 6.61 Å². The highest BCUT2D eigenvalue weighted by Crippen LogP contribution is 2.28. The largest absolute Gasteiger partial charge is 0.480 e. The van der Waals surface area contributed by atoms with Crippen molar-refractivity contribution in [1.82, 2.24) is 0 Å². The van der Waals surface area contributed by atoms with Gasteiger partial charge in [0.2, 0.25) is 0 Å². The number of fused-ring (bicyclic) bond motifs is 1. The molecule has 0 aromatic heterocycles. The van der Waals surface area contributed by atoms with Crippen LogP contribution in [0.5, 0.6) is 11.5 Å². The lowest BCUT2D eigenvalue weighted by atomic mass is 9.92. The van der Waals surface area contributed by atoms with Gasteiger partial charge in [0, 0.05) is 5.02 Å². The van der Waals surface area contributed by atoms with Crippen LogP contribution < -0.4 is 9.47 Å². The van der Waals surface area contributed by atoms with Crippen LogP contribution in [-0.4, -0.2) is 12.6 Å². The second-order valence-corrected chi connectivity index (χ2v) is 6.32. The summed E-state index contributed by atoms with van der Waals surface area (Å²) >= 11 is 11.8. The highest BCUT2D eigenvalue weighted by atomic mass is 35.5. The molecule has 120 valence electrons. The van der Waals surface area contributed by atoms with Gasteiger partial charge in [-0.05, 0) is 67.1 Å². The van der Waals surface area contributed by atoms with E-state index in [-0.39, 0.29) is 6.61 Å². The summed E-state index contributed by atoms with van der Waals surface area (Å²) < 4.78 is 10.7. The third-order valence-electron chi connectivity index (χ3n) is 3.79. The van der Waals surface area contributed by atoms with Crippen LogP contribution in [0.2, 0.25) is 10.0 Å². The Labute approximate surface area is 145 Å². The quantitative estimate of drug-likeness (QED) is 0.583. The van der Waals surface area contributed by atoms with Crippen LogP contribution in [0, 0.1) is 0 Å². The number of rotatable bonds is 4. The first kappa shape index (κ1) is 16.2. The van der Waals surface area contributed by atoms with E-state index >= 15 is 0 Å². The Morgan fingerprint density at radius 3 is 2.57 bits per heavy atom. The molecule has 0 N–H and O–H groups in total. The average Bonchev–Trinajstić information content (AvgIpc) is 2.54. The molecule has 0 fully saturated rings. The smallest absolute Gasteiger partial charge is 0.349 e. The summed E-state index contributed by atoms with van der Waals surface area (Å²) in [6.45, 7) is -0.210. The zero-order chi connectivity index (χ0) is 16.2. The molecular formula is C18H16Cl2O3. The van der Waals surface area contributed by atoms with Crippen molar-refractivity contribution in [3.8, 4) is 11.5 Å². The summed E-state index contributed by atoms with van der Waals surface area (Å²) in [5.74, 6) is 0.492. The number of hydrogen-bond acceptors (Lipinski definition) is 3. The number of halogens is 2. The minimum Gasteiger partial charge on any atom is -0.480 e. The summed E-state index contributed by atoms with van der Waals surface area (Å²) in [6, 6.07) is 10.6. The number of esters is 1. The number of aryl methyl sites for hydroxylation is 2. The van der Waals surface area contributed by atoms with Gasteiger partial charge in [-0.15, -0.1) is 0 Å². The number of ether oxygens (including phenoxy) is 2. The fourth-order valence-electron chi connectivity index (χ4n) is 2.66. The molecule has 0 heterocycles. The average molecular weight is 351 g/mol. The van der Waals surface area contributed by atoms with Crippen LogP contribution in [-0.2, 0) is 17.6 Å². The summed E-state index contributed by atoms with van der Waals surface area (Å²) in [5, 5.41) is 0.873. The summed E-state index contributed by atoms with van der Waals surface area (Å²) in [5.41, 5.74) is 2.61. The van der Waals surface area contributed by atoms with Crippen molar-refractivity contribution < 1.29 is 14.3 Å². The second-order valence-electron chi connectivity index (χ2n) is 5.48. The van der Waals surface area contributed by atoms with E-state index in [0.29, 0.717) is 21.5 Å². The van der Waals surface area contributed by atoms with Gasteiger partial charge in [0.05, 0.1) is 5.02 Å². The first-order valence-electron chi connectivity index (χ1n) is 7.52. The molecule has 1 aliphatic rings. The summed E-state index contributed by atoms with van der Waals surface area (Å²) in [7, 11) is 0. The van der Waals surface area contributed by atoms with Crippen LogP contribution >= 0.6 is 23.2 Å². The standard InChI is InChI=1S/C18H16Cl2O3/c19-14-6-8-17(16(20)10-14)22-11-18(21)23-15-7-5-12-3-1-2-4-13(12)9-15/h5-10H,1-4,11H2. The molecule has 3 nitrogen and oxygen atoms in total. The van der Waals surface area contributed by atoms with Crippen LogP contribution in [0.4, 0.5) is 0 Å². The Balaban J connectivity index is 1.59. The van der Waals surface area contributed by atoms with Crippen LogP contribution in [0.15, 0.2) is 36.4 Å². The molecule has 3 rings (SSSR count). The molecule has 1 aliphatic carbocycles. The van der Waals surface area contributed by atoms with Gasteiger partial charge in [-0.25, -0.2) is 4.79 Å². The number of carbonyl (C=O) groups is 1. The molecular weight excluding hydrogens is 335 g/mol. The monoisotopic (exact) mass is 350 g/mol. The maximum Gasteiger partial charge on any atom is 0.349 e. The maximum atomic E-state index is 11.9. The first-order chi connectivity index (χ1) is 11.1. The topological polar surface area (TPSA) is 35.5 Å². The molecule has 0 aliphatic heterocycles. The van der Waals surface area contributed by atoms with Gasteiger partial charge in [0.1, 0.15) is 11.5 Å². The van der Waals surface area contributed by atoms with Crippen LogP contribution in [0.25, 0.3) is 0 Å². The van der Waals surface area contributed by atoms with Crippen molar-refractivity contribution in [2.45, 2.75) is 25.7 Å². The van der Waals surface area contributed by atoms with E-state index in [2.05, 4.69) is 0 Å². The van der Waals surface area contributed by atoms with E-state index in [1.807, 2.05) is 18.2 Å². The van der Waals surface area contributed by atoms with Gasteiger partial charge in [0.25, 0.3) is 0 Å². The molecule has 2 aromatic rings. The number of hydrogen-bond donors (Lipinski definition) is 0. The SMILES string of the molecule is O=C(COc1ccc(Cl)cc1Cl)Oc1ccc2c(c1)CCCC2. The molecule has 0 bridgehead atoms. The molecule has 0 radical (unpaired) electrons. The third-order valence-corrected chi connectivity index (χ3v) is 4.32. The Hall–Kier alpha value is -1.71. The molecule has 0 saturated heterocycles. The highest BCUT2D eigenvalue weighted by Gasteiger charge is 2.13. The first-order valence-corrected chi connectivity index (χ1v) is 8.28. The predicted molar refractivity (Wildman–Crippen MR) is 90.7 cm³/mol. The van der Waals surface area contributed by atoms with E-state index in [1.165, 1.54) is 24.0 Å². The molecule has 0 atom stereocenters. The fraction of sp³-hybridized carbons (Fsp3) is 0.278. The molecule has 0 spiro atoms. The van der Waals surface area contributed by atoms with Crippen molar-refractivity contribution in [3.05, 3.63) is 57.6 Å². The number of benzene rings is 2. The van der Waals surface area contributed by atoms with Crippen LogP contribution in [0.3, 0.4) is 0 Å². The summed E-state index contributed by atoms with van der Waals surface area (Å²) in [4.78, 5) is 11.9. The normalized spacial score (nSPS) is 13.3. The Kier molecular flexibility index (Phi) is 5.09. The zero-order valence-electron chi connectivity index (χ0n) is 12.5. The van der Waals surface area contributed by atoms with Crippen molar-refractivity contribution >= 4 is 29.2 Å². The van der Waals surface area contributed by atoms with Gasteiger partial charge in [-0.3, -0.25) is 0 Å². The minimum absolute atomic E-state index is 0.210. The third kappa shape index (κ3) is 4.18. The Morgan fingerprint density at radius 2 is 1.78 bits per heavy atom. The summed E-state index contributed by atoms with van der Waals surface area (Å²) in [6.07, 6.45) is 4.55. The van der Waals surface area contributed by atoms with E-state index in [4.69, 9.17) is 32.7 Å². The lowest BCUT2D eigenvalue weighted by Crippen LogP contribution is -2.18. The van der Waals surface area contributed by atoms with Gasteiger partial charge in [-0.1, -0.05) is 29.3 Å². The lowest BCUT2D eigenvalue weighted by molar-refractivity contribution is -0.136.